The Bertz CT molecular complexity index is 1150. The van der Waals surface area contributed by atoms with Gasteiger partial charge in [0.15, 0.2) is 0 Å². The number of benzene rings is 1. The molecular formula is C22H21F4N3O4. The van der Waals surface area contributed by atoms with E-state index in [0.29, 0.717) is 5.56 Å². The van der Waals surface area contributed by atoms with Crippen LogP contribution in [0, 0.1) is 19.7 Å². The van der Waals surface area contributed by atoms with Crippen LogP contribution < -0.4 is 10.1 Å². The molecule has 0 aliphatic carbocycles. The van der Waals surface area contributed by atoms with Crippen LogP contribution >= 0.6 is 0 Å². The number of carbonyl (C=O) groups is 1. The largest absolute Gasteiger partial charge is 0.491 e. The van der Waals surface area contributed by atoms with Gasteiger partial charge in [0.05, 0.1) is 25.0 Å². The fourth-order valence-electron chi connectivity index (χ4n) is 3.16. The van der Waals surface area contributed by atoms with Gasteiger partial charge in [-0.25, -0.2) is 9.37 Å². The van der Waals surface area contributed by atoms with Crippen molar-refractivity contribution in [1.82, 2.24) is 15.5 Å². The molecule has 0 saturated carbocycles. The van der Waals surface area contributed by atoms with Gasteiger partial charge in [-0.3, -0.25) is 4.79 Å². The summed E-state index contributed by atoms with van der Waals surface area (Å²) >= 11 is 0. The fraction of sp³-hybridized carbons (Fsp3) is 0.318. The highest BCUT2D eigenvalue weighted by Gasteiger charge is 2.56. The third-order valence-corrected chi connectivity index (χ3v) is 4.96. The third kappa shape index (κ3) is 4.82. The predicted molar refractivity (Wildman–Crippen MR) is 109 cm³/mol. The number of hydrogen-bond acceptors (Lipinski definition) is 6. The zero-order valence-corrected chi connectivity index (χ0v) is 18.0. The average Bonchev–Trinajstić information content (AvgIpc) is 3.19. The number of aromatic nitrogens is 2. The number of pyridine rings is 1. The van der Waals surface area contributed by atoms with Crippen molar-refractivity contribution in [1.29, 1.82) is 0 Å². The van der Waals surface area contributed by atoms with Crippen molar-refractivity contribution in [2.75, 3.05) is 13.2 Å². The van der Waals surface area contributed by atoms with Gasteiger partial charge in [0, 0.05) is 5.56 Å². The molecule has 0 saturated heterocycles. The number of ether oxygens (including phenoxy) is 1. The average molecular weight is 467 g/mol. The van der Waals surface area contributed by atoms with Crippen molar-refractivity contribution >= 4 is 5.91 Å². The molecule has 0 aliphatic heterocycles. The Morgan fingerprint density at radius 1 is 1.21 bits per heavy atom. The molecule has 0 aliphatic rings. The first-order valence-electron chi connectivity index (χ1n) is 9.87. The molecule has 0 spiro atoms. The van der Waals surface area contributed by atoms with Crippen molar-refractivity contribution in [3.8, 4) is 17.0 Å². The van der Waals surface area contributed by atoms with Crippen LogP contribution in [0.25, 0.3) is 11.3 Å². The van der Waals surface area contributed by atoms with Crippen LogP contribution in [-0.2, 0) is 5.60 Å². The molecule has 0 radical (unpaired) electrons. The van der Waals surface area contributed by atoms with Gasteiger partial charge < -0.3 is 19.7 Å². The molecule has 2 heterocycles. The van der Waals surface area contributed by atoms with E-state index in [9.17, 15) is 27.5 Å². The second kappa shape index (κ2) is 9.18. The normalized spacial score (nSPS) is 13.5. The summed E-state index contributed by atoms with van der Waals surface area (Å²) in [6.45, 7) is 3.59. The molecule has 3 aromatic rings. The van der Waals surface area contributed by atoms with Gasteiger partial charge in [0.25, 0.3) is 5.91 Å². The molecule has 33 heavy (non-hydrogen) atoms. The molecule has 1 atom stereocenters. The number of amides is 1. The number of aliphatic hydroxyl groups is 1. The van der Waals surface area contributed by atoms with Crippen LogP contribution in [-0.4, -0.2) is 40.5 Å². The van der Waals surface area contributed by atoms with Crippen molar-refractivity contribution in [3.05, 3.63) is 64.9 Å². The second-order valence-electron chi connectivity index (χ2n) is 7.28. The van der Waals surface area contributed by atoms with Crippen molar-refractivity contribution < 1.29 is 36.7 Å². The number of nitrogens with zero attached hydrogens (tertiary/aromatic N) is 2. The van der Waals surface area contributed by atoms with E-state index in [2.05, 4.69) is 15.5 Å². The lowest BCUT2D eigenvalue weighted by Gasteiger charge is -2.31. The number of halogens is 4. The monoisotopic (exact) mass is 467 g/mol. The minimum absolute atomic E-state index is 0.00395. The Morgan fingerprint density at radius 3 is 2.42 bits per heavy atom. The quantitative estimate of drug-likeness (QED) is 0.509. The van der Waals surface area contributed by atoms with E-state index < -0.39 is 35.7 Å². The van der Waals surface area contributed by atoms with E-state index in [1.165, 1.54) is 26.0 Å². The summed E-state index contributed by atoms with van der Waals surface area (Å²) < 4.78 is 65.9. The number of alkyl halides is 3. The Hall–Kier alpha value is -3.47. The summed E-state index contributed by atoms with van der Waals surface area (Å²) in [5, 5.41) is 16.2. The molecule has 176 valence electrons. The first-order chi connectivity index (χ1) is 15.5. The Kier molecular flexibility index (Phi) is 6.73. The number of nitrogens with one attached hydrogen (secondary N) is 1. The fourth-order valence-corrected chi connectivity index (χ4v) is 3.16. The molecule has 1 aromatic carbocycles. The molecule has 0 unspecified atom stereocenters. The molecule has 1 amide bonds. The topological polar surface area (TPSA) is 97.5 Å². The summed E-state index contributed by atoms with van der Waals surface area (Å²) in [5.41, 5.74) is -3.79. The molecule has 7 nitrogen and oxygen atoms in total. The lowest BCUT2D eigenvalue weighted by molar-refractivity contribution is -0.265. The van der Waals surface area contributed by atoms with Crippen LogP contribution in [0.4, 0.5) is 17.6 Å². The van der Waals surface area contributed by atoms with Crippen LogP contribution in [0.2, 0.25) is 0 Å². The molecule has 2 aromatic heterocycles. The maximum absolute atomic E-state index is 14.1. The highest BCUT2D eigenvalue weighted by Crippen LogP contribution is 2.41. The van der Waals surface area contributed by atoms with Gasteiger partial charge in [-0.1, -0.05) is 5.16 Å². The van der Waals surface area contributed by atoms with E-state index in [0.717, 1.165) is 24.4 Å². The highest BCUT2D eigenvalue weighted by atomic mass is 19.4. The second-order valence-corrected chi connectivity index (χ2v) is 7.28. The number of carbonyl (C=O) groups excluding carboxylic acids is 1. The number of aryl methyl sites for hydroxylation is 2. The summed E-state index contributed by atoms with van der Waals surface area (Å²) in [6, 6.07) is 5.99. The Balaban J connectivity index is 2.07. The van der Waals surface area contributed by atoms with Crippen LogP contribution in [0.15, 0.2) is 41.1 Å². The van der Waals surface area contributed by atoms with E-state index in [4.69, 9.17) is 9.26 Å². The maximum Gasteiger partial charge on any atom is 0.424 e. The van der Waals surface area contributed by atoms with Crippen molar-refractivity contribution in [3.63, 3.8) is 0 Å². The van der Waals surface area contributed by atoms with Crippen LogP contribution in [0.5, 0.6) is 5.75 Å². The van der Waals surface area contributed by atoms with Crippen LogP contribution in [0.1, 0.15) is 34.3 Å². The molecule has 2 N–H and O–H groups in total. The minimum Gasteiger partial charge on any atom is -0.491 e. The summed E-state index contributed by atoms with van der Waals surface area (Å²) in [6.07, 6.45) is -4.14. The number of rotatable bonds is 7. The maximum atomic E-state index is 14.1. The van der Waals surface area contributed by atoms with E-state index in [1.807, 2.05) is 0 Å². The van der Waals surface area contributed by atoms with Gasteiger partial charge in [-0.05, 0) is 56.7 Å². The summed E-state index contributed by atoms with van der Waals surface area (Å²) in [7, 11) is 0. The molecule has 11 heteroatoms. The standard InChI is InChI=1S/C22H21F4N3O4/c1-4-32-19-12(2)9-17(29-18(19)14-5-7-15(23)8-6-14)21(31,22(24,25)26)11-27-20(30)16-10-28-33-13(16)3/h5-10,31H,4,11H2,1-3H3,(H,27,30)/t21-/m0/s1. The predicted octanol–water partition coefficient (Wildman–Crippen LogP) is 4.07. The SMILES string of the molecule is CCOc1c(C)cc([C@@](O)(CNC(=O)c2cnoc2C)C(F)(F)F)nc1-c1ccc(F)cc1. The molecule has 3 rings (SSSR count). The van der Waals surface area contributed by atoms with Gasteiger partial charge in [-0.15, -0.1) is 0 Å². The summed E-state index contributed by atoms with van der Waals surface area (Å²) in [5.74, 6) is -1.14. The lowest BCUT2D eigenvalue weighted by Crippen LogP contribution is -2.51. The van der Waals surface area contributed by atoms with Gasteiger partial charge in [-0.2, -0.15) is 13.2 Å². The van der Waals surface area contributed by atoms with Crippen molar-refractivity contribution in [2.24, 2.45) is 0 Å². The van der Waals surface area contributed by atoms with Crippen LogP contribution in [0.3, 0.4) is 0 Å². The number of hydrogen-bond donors (Lipinski definition) is 2. The lowest BCUT2D eigenvalue weighted by atomic mass is 9.95. The minimum atomic E-state index is -5.20. The van der Waals surface area contributed by atoms with Gasteiger partial charge in [0.1, 0.15) is 28.6 Å². The first-order valence-corrected chi connectivity index (χ1v) is 9.87. The zero-order valence-electron chi connectivity index (χ0n) is 18.0. The highest BCUT2D eigenvalue weighted by molar-refractivity contribution is 5.94. The summed E-state index contributed by atoms with van der Waals surface area (Å²) in [4.78, 5) is 16.3. The smallest absolute Gasteiger partial charge is 0.424 e. The molecular weight excluding hydrogens is 446 g/mol. The van der Waals surface area contributed by atoms with E-state index >= 15 is 0 Å². The molecule has 0 fully saturated rings. The first kappa shape index (κ1) is 24.2. The van der Waals surface area contributed by atoms with E-state index in [1.54, 1.807) is 6.92 Å². The Labute approximate surface area is 186 Å². The van der Waals surface area contributed by atoms with E-state index in [-0.39, 0.29) is 34.9 Å². The third-order valence-electron chi connectivity index (χ3n) is 4.96. The van der Waals surface area contributed by atoms with Gasteiger partial charge >= 0.3 is 6.18 Å². The Morgan fingerprint density at radius 2 is 1.88 bits per heavy atom. The van der Waals surface area contributed by atoms with Crippen molar-refractivity contribution in [2.45, 2.75) is 32.5 Å². The zero-order chi connectivity index (χ0) is 24.4. The molecule has 0 bridgehead atoms. The van der Waals surface area contributed by atoms with Gasteiger partial charge in [0.2, 0.25) is 5.60 Å².